The molecule has 0 rings (SSSR count). The van der Waals surface area contributed by atoms with Gasteiger partial charge in [0.2, 0.25) is 0 Å². The van der Waals surface area contributed by atoms with Crippen molar-refractivity contribution >= 4 is 8.07 Å². The standard InChI is InChI=1S/C9H22OSi/c1-5-6-7-8-9(10)11(2,3)4/h9-10H,5-8H2,1-4H3/t9-/m1/s1. The Balaban J connectivity index is 3.44. The van der Waals surface area contributed by atoms with Crippen LogP contribution in [0.15, 0.2) is 0 Å². The molecule has 0 aliphatic rings. The summed E-state index contributed by atoms with van der Waals surface area (Å²) in [6.45, 7) is 8.87. The topological polar surface area (TPSA) is 20.2 Å². The highest BCUT2D eigenvalue weighted by Crippen LogP contribution is 2.13. The Hall–Kier alpha value is 0.177. The van der Waals surface area contributed by atoms with Crippen LogP contribution in [-0.4, -0.2) is 18.9 Å². The summed E-state index contributed by atoms with van der Waals surface area (Å²) in [5.74, 6) is 0. The van der Waals surface area contributed by atoms with E-state index in [1.54, 1.807) is 0 Å². The van der Waals surface area contributed by atoms with Crippen LogP contribution in [0.4, 0.5) is 0 Å². The van der Waals surface area contributed by atoms with Gasteiger partial charge in [0.25, 0.3) is 0 Å². The van der Waals surface area contributed by atoms with Crippen LogP contribution in [-0.2, 0) is 0 Å². The van der Waals surface area contributed by atoms with Gasteiger partial charge in [0.1, 0.15) is 0 Å². The lowest BCUT2D eigenvalue weighted by Crippen LogP contribution is -2.37. The van der Waals surface area contributed by atoms with Crippen LogP contribution in [0.5, 0.6) is 0 Å². The van der Waals surface area contributed by atoms with E-state index in [1.165, 1.54) is 19.3 Å². The third-order valence-corrected chi connectivity index (χ3v) is 4.37. The molecule has 68 valence electrons. The first kappa shape index (κ1) is 11.2. The van der Waals surface area contributed by atoms with E-state index in [9.17, 15) is 5.11 Å². The van der Waals surface area contributed by atoms with Crippen molar-refractivity contribution in [2.24, 2.45) is 0 Å². The molecule has 2 heteroatoms. The van der Waals surface area contributed by atoms with Crippen molar-refractivity contribution in [3.8, 4) is 0 Å². The number of hydrogen-bond donors (Lipinski definition) is 1. The van der Waals surface area contributed by atoms with Crippen molar-refractivity contribution in [1.29, 1.82) is 0 Å². The molecular weight excluding hydrogens is 152 g/mol. The molecular formula is C9H22OSi. The Labute approximate surface area is 71.8 Å². The average Bonchev–Trinajstić information content (AvgIpc) is 1.86. The van der Waals surface area contributed by atoms with Crippen molar-refractivity contribution in [2.45, 2.75) is 58.0 Å². The summed E-state index contributed by atoms with van der Waals surface area (Å²) in [6, 6.07) is 0. The van der Waals surface area contributed by atoms with Gasteiger partial charge in [-0.25, -0.2) is 0 Å². The molecule has 0 aromatic rings. The van der Waals surface area contributed by atoms with Crippen LogP contribution >= 0.6 is 0 Å². The van der Waals surface area contributed by atoms with Crippen molar-refractivity contribution in [1.82, 2.24) is 0 Å². The molecule has 0 aromatic heterocycles. The lowest BCUT2D eigenvalue weighted by Gasteiger charge is -2.23. The lowest BCUT2D eigenvalue weighted by molar-refractivity contribution is 0.228. The average molecular weight is 174 g/mol. The van der Waals surface area contributed by atoms with Crippen LogP contribution < -0.4 is 0 Å². The predicted molar refractivity (Wildman–Crippen MR) is 53.5 cm³/mol. The number of aliphatic hydroxyl groups excluding tert-OH is 1. The predicted octanol–water partition coefficient (Wildman–Crippen LogP) is 2.81. The Morgan fingerprint density at radius 1 is 1.18 bits per heavy atom. The van der Waals surface area contributed by atoms with Gasteiger partial charge in [-0.1, -0.05) is 45.8 Å². The van der Waals surface area contributed by atoms with Crippen molar-refractivity contribution in [3.63, 3.8) is 0 Å². The number of hydrogen-bond acceptors (Lipinski definition) is 1. The summed E-state index contributed by atoms with van der Waals surface area (Å²) in [5, 5.41) is 9.67. The van der Waals surface area contributed by atoms with Crippen LogP contribution in [0.1, 0.15) is 32.6 Å². The van der Waals surface area contributed by atoms with E-state index >= 15 is 0 Å². The third kappa shape index (κ3) is 5.45. The molecule has 0 heterocycles. The molecule has 0 aromatic carbocycles. The summed E-state index contributed by atoms with van der Waals surface area (Å²) in [6.07, 6.45) is 4.73. The van der Waals surface area contributed by atoms with Gasteiger partial charge in [-0.3, -0.25) is 0 Å². The summed E-state index contributed by atoms with van der Waals surface area (Å²) in [4.78, 5) is 0. The molecule has 0 fully saturated rings. The maximum absolute atomic E-state index is 9.67. The minimum atomic E-state index is -1.26. The molecule has 1 nitrogen and oxygen atoms in total. The fourth-order valence-corrected chi connectivity index (χ4v) is 2.09. The smallest absolute Gasteiger partial charge is 0.0781 e. The summed E-state index contributed by atoms with van der Waals surface area (Å²) in [5.41, 5.74) is 0.00838. The summed E-state index contributed by atoms with van der Waals surface area (Å²) < 4.78 is 0. The second-order valence-corrected chi connectivity index (χ2v) is 9.78. The monoisotopic (exact) mass is 174 g/mol. The maximum Gasteiger partial charge on any atom is 0.0781 e. The highest BCUT2D eigenvalue weighted by molar-refractivity contribution is 6.77. The fraction of sp³-hybridized carbons (Fsp3) is 1.00. The second kappa shape index (κ2) is 4.94. The SMILES string of the molecule is CCCCC[C@H](O)[Si](C)(C)C. The Kier molecular flexibility index (Phi) is 5.02. The van der Waals surface area contributed by atoms with Crippen LogP contribution in [0.25, 0.3) is 0 Å². The zero-order chi connectivity index (χ0) is 8.91. The van der Waals surface area contributed by atoms with Gasteiger partial charge in [0.15, 0.2) is 0 Å². The Morgan fingerprint density at radius 2 is 1.73 bits per heavy atom. The first-order chi connectivity index (χ1) is 4.98. The zero-order valence-electron chi connectivity index (χ0n) is 8.35. The van der Waals surface area contributed by atoms with Crippen molar-refractivity contribution in [2.75, 3.05) is 0 Å². The van der Waals surface area contributed by atoms with E-state index in [1.807, 2.05) is 0 Å². The summed E-state index contributed by atoms with van der Waals surface area (Å²) >= 11 is 0. The van der Waals surface area contributed by atoms with Gasteiger partial charge in [-0.05, 0) is 6.42 Å². The quantitative estimate of drug-likeness (QED) is 0.502. The molecule has 0 saturated carbocycles. The minimum Gasteiger partial charge on any atom is -0.397 e. The van der Waals surface area contributed by atoms with Gasteiger partial charge in [-0.2, -0.15) is 0 Å². The van der Waals surface area contributed by atoms with E-state index in [4.69, 9.17) is 0 Å². The van der Waals surface area contributed by atoms with Gasteiger partial charge in [0, 0.05) is 5.73 Å². The maximum atomic E-state index is 9.67. The fourth-order valence-electron chi connectivity index (χ4n) is 1.02. The van der Waals surface area contributed by atoms with Crippen LogP contribution in [0, 0.1) is 0 Å². The van der Waals surface area contributed by atoms with E-state index in [0.29, 0.717) is 0 Å². The lowest BCUT2D eigenvalue weighted by atomic mass is 10.2. The first-order valence-corrected chi connectivity index (χ1v) is 8.24. The van der Waals surface area contributed by atoms with E-state index < -0.39 is 8.07 Å². The molecule has 1 atom stereocenters. The number of aliphatic hydroxyl groups is 1. The molecule has 0 unspecified atom stereocenters. The number of unbranched alkanes of at least 4 members (excludes halogenated alkanes) is 2. The molecule has 0 aliphatic carbocycles. The molecule has 0 spiro atoms. The minimum absolute atomic E-state index is 0.00838. The van der Waals surface area contributed by atoms with Crippen molar-refractivity contribution in [3.05, 3.63) is 0 Å². The van der Waals surface area contributed by atoms with Gasteiger partial charge >= 0.3 is 0 Å². The second-order valence-electron chi connectivity index (χ2n) is 4.38. The number of rotatable bonds is 5. The van der Waals surface area contributed by atoms with E-state index in [2.05, 4.69) is 26.6 Å². The molecule has 11 heavy (non-hydrogen) atoms. The first-order valence-electron chi connectivity index (χ1n) is 4.66. The third-order valence-electron chi connectivity index (χ3n) is 2.08. The molecule has 0 radical (unpaired) electrons. The molecule has 0 saturated heterocycles. The van der Waals surface area contributed by atoms with Gasteiger partial charge in [-0.15, -0.1) is 0 Å². The largest absolute Gasteiger partial charge is 0.397 e. The van der Waals surface area contributed by atoms with E-state index in [-0.39, 0.29) is 5.73 Å². The highest BCUT2D eigenvalue weighted by Gasteiger charge is 2.23. The molecule has 0 bridgehead atoms. The zero-order valence-corrected chi connectivity index (χ0v) is 9.35. The molecule has 1 N–H and O–H groups in total. The van der Waals surface area contributed by atoms with Crippen LogP contribution in [0.2, 0.25) is 19.6 Å². The van der Waals surface area contributed by atoms with Crippen LogP contribution in [0.3, 0.4) is 0 Å². The summed E-state index contributed by atoms with van der Waals surface area (Å²) in [7, 11) is -1.26. The van der Waals surface area contributed by atoms with Crippen molar-refractivity contribution < 1.29 is 5.11 Å². The molecule has 0 amide bonds. The van der Waals surface area contributed by atoms with E-state index in [0.717, 1.165) is 6.42 Å². The van der Waals surface area contributed by atoms with Gasteiger partial charge in [0.05, 0.1) is 8.07 Å². The molecule has 0 aliphatic heterocycles. The van der Waals surface area contributed by atoms with Gasteiger partial charge < -0.3 is 5.11 Å². The Bertz CT molecular complexity index is 96.2. The highest BCUT2D eigenvalue weighted by atomic mass is 28.3. The Morgan fingerprint density at radius 3 is 2.09 bits per heavy atom. The normalized spacial score (nSPS) is 15.0.